The van der Waals surface area contributed by atoms with Gasteiger partial charge in [-0.15, -0.1) is 0 Å². The Kier molecular flexibility index (Phi) is 8.66. The summed E-state index contributed by atoms with van der Waals surface area (Å²) >= 11 is 6.33. The summed E-state index contributed by atoms with van der Waals surface area (Å²) in [5, 5.41) is 7.41. The van der Waals surface area contributed by atoms with E-state index >= 15 is 0 Å². The second-order valence-electron chi connectivity index (χ2n) is 6.62. The van der Waals surface area contributed by atoms with Crippen LogP contribution in [0.1, 0.15) is 12.8 Å². The van der Waals surface area contributed by atoms with Crippen molar-refractivity contribution in [3.63, 3.8) is 0 Å². The number of benzene rings is 1. The molecule has 1 fully saturated rings. The summed E-state index contributed by atoms with van der Waals surface area (Å²) in [6.07, 6.45) is 3.34. The number of sulfone groups is 1. The first-order valence-electron chi connectivity index (χ1n) is 9.11. The second-order valence-corrected chi connectivity index (χ2v) is 9.29. The molecule has 0 aromatic heterocycles. The largest absolute Gasteiger partial charge is 0.379 e. The molecule has 152 valence electrons. The highest BCUT2D eigenvalue weighted by molar-refractivity contribution is 7.90. The van der Waals surface area contributed by atoms with Crippen molar-refractivity contribution in [1.82, 2.24) is 10.6 Å². The molecule has 27 heavy (non-hydrogen) atoms. The molecular formula is C18H29ClN4O3S. The van der Waals surface area contributed by atoms with Gasteiger partial charge in [-0.1, -0.05) is 23.7 Å². The van der Waals surface area contributed by atoms with Crippen LogP contribution in [0.4, 0.5) is 5.69 Å². The predicted octanol–water partition coefficient (Wildman–Crippen LogP) is 1.54. The number of aliphatic imine (C=N–C) groups is 1. The van der Waals surface area contributed by atoms with Crippen LogP contribution in [-0.4, -0.2) is 72.3 Å². The van der Waals surface area contributed by atoms with Crippen molar-refractivity contribution in [2.75, 3.05) is 56.8 Å². The maximum atomic E-state index is 11.1. The highest BCUT2D eigenvalue weighted by Gasteiger charge is 2.22. The lowest BCUT2D eigenvalue weighted by molar-refractivity contribution is 0.154. The van der Waals surface area contributed by atoms with Crippen LogP contribution in [0.25, 0.3) is 0 Å². The van der Waals surface area contributed by atoms with E-state index in [-0.39, 0.29) is 18.4 Å². The third-order valence-corrected chi connectivity index (χ3v) is 5.54. The zero-order valence-electron chi connectivity index (χ0n) is 15.9. The Hall–Kier alpha value is -1.51. The maximum absolute atomic E-state index is 11.1. The van der Waals surface area contributed by atoms with E-state index in [1.807, 2.05) is 24.3 Å². The molecular weight excluding hydrogens is 388 g/mol. The molecule has 0 saturated carbocycles. The van der Waals surface area contributed by atoms with Crippen molar-refractivity contribution in [3.05, 3.63) is 29.3 Å². The molecule has 1 aliphatic heterocycles. The lowest BCUT2D eigenvalue weighted by Gasteiger charge is -2.35. The lowest BCUT2D eigenvalue weighted by Crippen LogP contribution is -2.51. The Morgan fingerprint density at radius 3 is 2.85 bits per heavy atom. The van der Waals surface area contributed by atoms with Gasteiger partial charge in [0.2, 0.25) is 0 Å². The minimum Gasteiger partial charge on any atom is -0.379 e. The van der Waals surface area contributed by atoms with Crippen LogP contribution in [0.15, 0.2) is 29.3 Å². The minimum absolute atomic E-state index is 0.0416. The summed E-state index contributed by atoms with van der Waals surface area (Å²) in [5.74, 6) is 0.757. The fourth-order valence-corrected chi connectivity index (χ4v) is 3.64. The number of ether oxygens (including phenoxy) is 1. The number of nitrogens with zero attached hydrogens (tertiary/aromatic N) is 2. The van der Waals surface area contributed by atoms with Gasteiger partial charge in [0.15, 0.2) is 5.96 Å². The number of hydrogen-bond acceptors (Lipinski definition) is 5. The standard InChI is InChI=1S/C18H29ClN4O3S/c1-20-18(21-9-11-26-12-13-27(2,24)25)22-15-6-5-10-23(14-15)17-8-4-3-7-16(17)19/h3-4,7-8,15H,5-6,9-14H2,1-2H3,(H2,20,21,22). The van der Waals surface area contributed by atoms with Crippen molar-refractivity contribution in [2.24, 2.45) is 4.99 Å². The Bertz CT molecular complexity index is 727. The van der Waals surface area contributed by atoms with E-state index in [0.29, 0.717) is 19.1 Å². The summed E-state index contributed by atoms with van der Waals surface area (Å²) in [7, 11) is -1.25. The molecule has 0 amide bonds. The fourth-order valence-electron chi connectivity index (χ4n) is 2.96. The van der Waals surface area contributed by atoms with Gasteiger partial charge in [0.1, 0.15) is 9.84 Å². The van der Waals surface area contributed by atoms with Crippen molar-refractivity contribution in [1.29, 1.82) is 0 Å². The SMILES string of the molecule is CN=C(NCCOCCS(C)(=O)=O)NC1CCCN(c2ccccc2Cl)C1. The van der Waals surface area contributed by atoms with Crippen molar-refractivity contribution in [2.45, 2.75) is 18.9 Å². The van der Waals surface area contributed by atoms with E-state index in [9.17, 15) is 8.42 Å². The fraction of sp³-hybridized carbons (Fsp3) is 0.611. The van der Waals surface area contributed by atoms with Gasteiger partial charge in [-0.3, -0.25) is 4.99 Å². The molecule has 1 aliphatic rings. The van der Waals surface area contributed by atoms with Gasteiger partial charge in [-0.2, -0.15) is 0 Å². The third kappa shape index (κ3) is 7.94. The van der Waals surface area contributed by atoms with Crippen LogP contribution in [0, 0.1) is 0 Å². The third-order valence-electron chi connectivity index (χ3n) is 4.32. The quantitative estimate of drug-likeness (QED) is 0.380. The van der Waals surface area contributed by atoms with Crippen LogP contribution in [0.3, 0.4) is 0 Å². The zero-order chi connectivity index (χ0) is 19.7. The highest BCUT2D eigenvalue weighted by atomic mass is 35.5. The lowest BCUT2D eigenvalue weighted by atomic mass is 10.0. The van der Waals surface area contributed by atoms with Gasteiger partial charge < -0.3 is 20.3 Å². The van der Waals surface area contributed by atoms with Gasteiger partial charge in [0, 0.05) is 39.0 Å². The molecule has 0 radical (unpaired) electrons. The van der Waals surface area contributed by atoms with E-state index in [1.165, 1.54) is 6.26 Å². The number of para-hydroxylation sites is 1. The van der Waals surface area contributed by atoms with Crippen LogP contribution >= 0.6 is 11.6 Å². The summed E-state index contributed by atoms with van der Waals surface area (Å²) in [6.45, 7) is 3.04. The van der Waals surface area contributed by atoms with Crippen molar-refractivity contribution < 1.29 is 13.2 Å². The molecule has 0 aliphatic carbocycles. The van der Waals surface area contributed by atoms with E-state index in [1.54, 1.807) is 7.05 Å². The molecule has 1 aromatic rings. The Morgan fingerprint density at radius 2 is 2.15 bits per heavy atom. The van der Waals surface area contributed by atoms with Crippen molar-refractivity contribution >= 4 is 33.1 Å². The van der Waals surface area contributed by atoms with Gasteiger partial charge in [-0.05, 0) is 25.0 Å². The molecule has 1 aromatic carbocycles. The number of hydrogen-bond donors (Lipinski definition) is 2. The molecule has 0 spiro atoms. The number of guanidine groups is 1. The first kappa shape index (κ1) is 21.8. The average molecular weight is 417 g/mol. The highest BCUT2D eigenvalue weighted by Crippen LogP contribution is 2.27. The van der Waals surface area contributed by atoms with Gasteiger partial charge >= 0.3 is 0 Å². The number of nitrogens with one attached hydrogen (secondary N) is 2. The number of rotatable bonds is 8. The molecule has 0 bridgehead atoms. The molecule has 1 heterocycles. The maximum Gasteiger partial charge on any atom is 0.191 e. The number of anilines is 1. The predicted molar refractivity (Wildman–Crippen MR) is 112 cm³/mol. The molecule has 7 nitrogen and oxygen atoms in total. The van der Waals surface area contributed by atoms with E-state index in [2.05, 4.69) is 20.5 Å². The van der Waals surface area contributed by atoms with Crippen LogP contribution in [0.2, 0.25) is 5.02 Å². The molecule has 2 N–H and O–H groups in total. The van der Waals surface area contributed by atoms with Gasteiger partial charge in [0.05, 0.1) is 29.7 Å². The first-order chi connectivity index (χ1) is 12.9. The Morgan fingerprint density at radius 1 is 1.37 bits per heavy atom. The summed E-state index contributed by atoms with van der Waals surface area (Å²) < 4.78 is 27.4. The number of halogens is 1. The van der Waals surface area contributed by atoms with E-state index in [0.717, 1.165) is 36.6 Å². The zero-order valence-corrected chi connectivity index (χ0v) is 17.5. The van der Waals surface area contributed by atoms with Crippen LogP contribution in [0.5, 0.6) is 0 Å². The summed E-state index contributed by atoms with van der Waals surface area (Å²) in [4.78, 5) is 6.55. The Balaban J connectivity index is 1.74. The average Bonchev–Trinajstić information content (AvgIpc) is 2.63. The summed E-state index contributed by atoms with van der Waals surface area (Å²) in [5.41, 5.74) is 1.06. The molecule has 1 atom stereocenters. The monoisotopic (exact) mass is 416 g/mol. The molecule has 1 unspecified atom stereocenters. The Labute approximate surface area is 167 Å². The first-order valence-corrected chi connectivity index (χ1v) is 11.5. The molecule has 1 saturated heterocycles. The van der Waals surface area contributed by atoms with Crippen LogP contribution < -0.4 is 15.5 Å². The smallest absolute Gasteiger partial charge is 0.191 e. The van der Waals surface area contributed by atoms with Gasteiger partial charge in [0.25, 0.3) is 0 Å². The molecule has 9 heteroatoms. The minimum atomic E-state index is -2.98. The van der Waals surface area contributed by atoms with E-state index < -0.39 is 9.84 Å². The summed E-state index contributed by atoms with van der Waals surface area (Å²) in [6, 6.07) is 8.18. The normalized spacial score (nSPS) is 18.4. The second kappa shape index (κ2) is 10.7. The topological polar surface area (TPSA) is 83.0 Å². The van der Waals surface area contributed by atoms with Gasteiger partial charge in [-0.25, -0.2) is 8.42 Å². The van der Waals surface area contributed by atoms with E-state index in [4.69, 9.17) is 16.3 Å². The van der Waals surface area contributed by atoms with Crippen molar-refractivity contribution in [3.8, 4) is 0 Å². The number of piperidine rings is 1. The molecule has 2 rings (SSSR count). The van der Waals surface area contributed by atoms with Crippen LogP contribution in [-0.2, 0) is 14.6 Å².